The maximum Gasteiger partial charge on any atom is 0.231 e. The van der Waals surface area contributed by atoms with Crippen molar-refractivity contribution in [3.05, 3.63) is 11.7 Å². The average molecular weight is 233 g/mol. The molecule has 0 amide bonds. The van der Waals surface area contributed by atoms with Gasteiger partial charge in [0.2, 0.25) is 5.89 Å². The topological polar surface area (TPSA) is 51.0 Å². The fraction of sp³-hybridized carbons (Fsp3) is 0.846. The summed E-state index contributed by atoms with van der Waals surface area (Å²) in [6.07, 6.45) is 4.96. The predicted octanol–water partition coefficient (Wildman–Crippen LogP) is 2.19. The van der Waals surface area contributed by atoms with Gasteiger partial charge in [0.15, 0.2) is 5.82 Å². The molecule has 3 aliphatic rings. The van der Waals surface area contributed by atoms with Crippen LogP contribution < -0.4 is 5.32 Å². The Labute approximate surface area is 101 Å². The minimum Gasteiger partial charge on any atom is -0.339 e. The van der Waals surface area contributed by atoms with E-state index in [4.69, 9.17) is 4.52 Å². The van der Waals surface area contributed by atoms with Crippen LogP contribution in [-0.2, 0) is 0 Å². The summed E-state index contributed by atoms with van der Waals surface area (Å²) in [7, 11) is 0. The van der Waals surface area contributed by atoms with Crippen molar-refractivity contribution in [2.45, 2.75) is 63.5 Å². The van der Waals surface area contributed by atoms with Gasteiger partial charge in [0.1, 0.15) is 0 Å². The standard InChI is InChI=1S/C13H19N3O/c1-13(2)6-9(13)11-15-12(17-16-11)8-5-7-3-4-10(8)14-7/h7-10,14H,3-6H2,1-2H3. The highest BCUT2D eigenvalue weighted by Crippen LogP contribution is 2.57. The molecule has 3 heterocycles. The number of aromatic nitrogens is 2. The van der Waals surface area contributed by atoms with Crippen LogP contribution in [0, 0.1) is 5.41 Å². The Morgan fingerprint density at radius 3 is 2.76 bits per heavy atom. The second-order valence-corrected chi connectivity index (χ2v) is 6.63. The molecule has 0 spiro atoms. The molecule has 17 heavy (non-hydrogen) atoms. The molecule has 1 aliphatic carbocycles. The number of hydrogen-bond acceptors (Lipinski definition) is 4. The molecule has 1 saturated carbocycles. The number of hydrogen-bond donors (Lipinski definition) is 1. The van der Waals surface area contributed by atoms with E-state index in [-0.39, 0.29) is 0 Å². The SMILES string of the molecule is CC1(C)CC1c1noc(C2CC3CCC2N3)n1. The summed E-state index contributed by atoms with van der Waals surface area (Å²) in [5.74, 6) is 2.80. The second-order valence-electron chi connectivity index (χ2n) is 6.63. The van der Waals surface area contributed by atoms with E-state index in [9.17, 15) is 0 Å². The van der Waals surface area contributed by atoms with E-state index in [0.29, 0.717) is 29.3 Å². The lowest BCUT2D eigenvalue weighted by Gasteiger charge is -2.15. The molecule has 2 bridgehead atoms. The zero-order valence-corrected chi connectivity index (χ0v) is 10.4. The summed E-state index contributed by atoms with van der Waals surface area (Å²) < 4.78 is 5.49. The Kier molecular flexibility index (Phi) is 1.84. The van der Waals surface area contributed by atoms with E-state index < -0.39 is 0 Å². The largest absolute Gasteiger partial charge is 0.339 e. The monoisotopic (exact) mass is 233 g/mol. The van der Waals surface area contributed by atoms with Crippen LogP contribution in [0.4, 0.5) is 0 Å². The minimum absolute atomic E-state index is 0.383. The molecule has 4 heteroatoms. The van der Waals surface area contributed by atoms with Crippen LogP contribution >= 0.6 is 0 Å². The van der Waals surface area contributed by atoms with Gasteiger partial charge in [-0.05, 0) is 31.1 Å². The first kappa shape index (κ1) is 10.1. The van der Waals surface area contributed by atoms with E-state index in [0.717, 1.165) is 11.7 Å². The maximum absolute atomic E-state index is 5.49. The average Bonchev–Trinajstić information content (AvgIpc) is 2.82. The summed E-state index contributed by atoms with van der Waals surface area (Å²) in [4.78, 5) is 4.65. The molecular weight excluding hydrogens is 214 g/mol. The molecule has 4 unspecified atom stereocenters. The molecule has 0 aromatic carbocycles. The maximum atomic E-state index is 5.49. The first-order valence-corrected chi connectivity index (χ1v) is 6.73. The third kappa shape index (κ3) is 1.46. The molecule has 2 saturated heterocycles. The van der Waals surface area contributed by atoms with E-state index in [1.54, 1.807) is 0 Å². The van der Waals surface area contributed by atoms with Gasteiger partial charge < -0.3 is 9.84 Å². The lowest BCUT2D eigenvalue weighted by Crippen LogP contribution is -2.21. The van der Waals surface area contributed by atoms with Crippen molar-refractivity contribution in [2.24, 2.45) is 5.41 Å². The van der Waals surface area contributed by atoms with Crippen LogP contribution in [0.2, 0.25) is 0 Å². The molecule has 4 nitrogen and oxygen atoms in total. The molecule has 4 rings (SSSR count). The summed E-state index contributed by atoms with van der Waals surface area (Å²) in [5, 5.41) is 7.81. The third-order valence-electron chi connectivity index (χ3n) is 4.90. The van der Waals surface area contributed by atoms with Crippen LogP contribution in [-0.4, -0.2) is 22.2 Å². The van der Waals surface area contributed by atoms with Crippen LogP contribution in [0.5, 0.6) is 0 Å². The smallest absolute Gasteiger partial charge is 0.231 e. The van der Waals surface area contributed by atoms with E-state index in [1.165, 1.54) is 25.7 Å². The van der Waals surface area contributed by atoms with Gasteiger partial charge in [-0.25, -0.2) is 0 Å². The van der Waals surface area contributed by atoms with Crippen molar-refractivity contribution >= 4 is 0 Å². The van der Waals surface area contributed by atoms with Crippen molar-refractivity contribution in [3.63, 3.8) is 0 Å². The van der Waals surface area contributed by atoms with Gasteiger partial charge in [-0.15, -0.1) is 0 Å². The fourth-order valence-electron chi connectivity index (χ4n) is 3.54. The molecule has 1 N–H and O–H groups in total. The molecule has 1 aromatic heterocycles. The van der Waals surface area contributed by atoms with Gasteiger partial charge >= 0.3 is 0 Å². The molecule has 1 aromatic rings. The summed E-state index contributed by atoms with van der Waals surface area (Å²) >= 11 is 0. The minimum atomic E-state index is 0.383. The lowest BCUT2D eigenvalue weighted by molar-refractivity contribution is 0.326. The van der Waals surface area contributed by atoms with Crippen molar-refractivity contribution in [1.29, 1.82) is 0 Å². The zero-order valence-electron chi connectivity index (χ0n) is 10.4. The number of fused-ring (bicyclic) bond motifs is 2. The summed E-state index contributed by atoms with van der Waals surface area (Å²) in [6.45, 7) is 4.54. The molecule has 92 valence electrons. The Morgan fingerprint density at radius 1 is 1.35 bits per heavy atom. The van der Waals surface area contributed by atoms with Crippen LogP contribution in [0.1, 0.15) is 63.1 Å². The number of rotatable bonds is 2. The Hall–Kier alpha value is -0.900. The highest BCUT2D eigenvalue weighted by atomic mass is 16.5. The van der Waals surface area contributed by atoms with Crippen molar-refractivity contribution in [1.82, 2.24) is 15.5 Å². The summed E-state index contributed by atoms with van der Waals surface area (Å²) in [6, 6.07) is 1.28. The van der Waals surface area contributed by atoms with Gasteiger partial charge in [-0.2, -0.15) is 4.98 Å². The van der Waals surface area contributed by atoms with Crippen LogP contribution in [0.3, 0.4) is 0 Å². The highest BCUT2D eigenvalue weighted by molar-refractivity contribution is 5.17. The normalized spacial score (nSPS) is 42.0. The van der Waals surface area contributed by atoms with Crippen molar-refractivity contribution in [2.75, 3.05) is 0 Å². The Balaban J connectivity index is 1.56. The quantitative estimate of drug-likeness (QED) is 0.850. The molecule has 3 fully saturated rings. The number of nitrogens with zero attached hydrogens (tertiary/aromatic N) is 2. The molecule has 4 atom stereocenters. The van der Waals surface area contributed by atoms with Crippen LogP contribution in [0.15, 0.2) is 4.52 Å². The Bertz CT molecular complexity index is 453. The third-order valence-corrected chi connectivity index (χ3v) is 4.90. The van der Waals surface area contributed by atoms with Gasteiger partial charge in [0.05, 0.1) is 5.92 Å². The van der Waals surface area contributed by atoms with Crippen LogP contribution in [0.25, 0.3) is 0 Å². The highest BCUT2D eigenvalue weighted by Gasteiger charge is 2.50. The van der Waals surface area contributed by atoms with Gasteiger partial charge in [-0.1, -0.05) is 19.0 Å². The Morgan fingerprint density at radius 2 is 2.18 bits per heavy atom. The van der Waals surface area contributed by atoms with Gasteiger partial charge in [0.25, 0.3) is 0 Å². The van der Waals surface area contributed by atoms with Crippen molar-refractivity contribution in [3.8, 4) is 0 Å². The van der Waals surface area contributed by atoms with E-state index in [2.05, 4.69) is 29.3 Å². The first-order chi connectivity index (χ1) is 8.13. The fourth-order valence-corrected chi connectivity index (χ4v) is 3.54. The summed E-state index contributed by atoms with van der Waals surface area (Å²) in [5.41, 5.74) is 0.383. The van der Waals surface area contributed by atoms with Gasteiger partial charge in [-0.3, -0.25) is 0 Å². The first-order valence-electron chi connectivity index (χ1n) is 6.73. The van der Waals surface area contributed by atoms with Gasteiger partial charge in [0, 0.05) is 18.0 Å². The lowest BCUT2D eigenvalue weighted by atomic mass is 9.89. The molecular formula is C13H19N3O. The molecule has 2 aliphatic heterocycles. The second kappa shape index (κ2) is 3.10. The predicted molar refractivity (Wildman–Crippen MR) is 62.7 cm³/mol. The molecule has 0 radical (unpaired) electrons. The van der Waals surface area contributed by atoms with E-state index in [1.807, 2.05) is 0 Å². The van der Waals surface area contributed by atoms with E-state index >= 15 is 0 Å². The van der Waals surface area contributed by atoms with Crippen molar-refractivity contribution < 1.29 is 4.52 Å². The zero-order chi connectivity index (χ0) is 11.6. The number of nitrogens with one attached hydrogen (secondary N) is 1.